The van der Waals surface area contributed by atoms with Crippen LogP contribution in [0.3, 0.4) is 0 Å². The molecule has 1 aliphatic heterocycles. The second-order valence-corrected chi connectivity index (χ2v) is 11.0. The van der Waals surface area contributed by atoms with Crippen molar-refractivity contribution in [2.75, 3.05) is 15.9 Å². The van der Waals surface area contributed by atoms with Gasteiger partial charge in [0.15, 0.2) is 5.11 Å². The molecule has 0 radical (unpaired) electrons. The predicted molar refractivity (Wildman–Crippen MR) is 135 cm³/mol. The number of benzene rings is 1. The van der Waals surface area contributed by atoms with E-state index in [0.717, 1.165) is 17.6 Å². The van der Waals surface area contributed by atoms with E-state index in [-0.39, 0.29) is 12.1 Å². The van der Waals surface area contributed by atoms with E-state index in [1.54, 1.807) is 18.3 Å². The van der Waals surface area contributed by atoms with Crippen molar-refractivity contribution in [1.82, 2.24) is 14.9 Å². The fourth-order valence-electron chi connectivity index (χ4n) is 4.85. The van der Waals surface area contributed by atoms with Gasteiger partial charge in [-0.2, -0.15) is 0 Å². The number of hydrogen-bond acceptors (Lipinski definition) is 4. The van der Waals surface area contributed by atoms with E-state index in [1.807, 2.05) is 30.3 Å². The molecule has 2 aromatic heterocycles. The van der Waals surface area contributed by atoms with Crippen molar-refractivity contribution in [2.24, 2.45) is 0 Å². The molecule has 3 heterocycles. The number of aromatic nitrogens is 2. The Balaban J connectivity index is 1.59. The van der Waals surface area contributed by atoms with Gasteiger partial charge in [0, 0.05) is 35.0 Å². The van der Waals surface area contributed by atoms with Gasteiger partial charge in [-0.15, -0.1) is 0 Å². The number of anilines is 2. The Morgan fingerprint density at radius 1 is 1.12 bits per heavy atom. The molecule has 0 amide bonds. The lowest BCUT2D eigenvalue weighted by atomic mass is 9.96. The van der Waals surface area contributed by atoms with Gasteiger partial charge in [0.05, 0.1) is 24.0 Å². The van der Waals surface area contributed by atoms with Crippen molar-refractivity contribution in [1.29, 1.82) is 0 Å². The number of aryl methyl sites for hydroxylation is 1. The van der Waals surface area contributed by atoms with E-state index in [2.05, 4.69) is 44.4 Å². The van der Waals surface area contributed by atoms with Crippen LogP contribution in [-0.4, -0.2) is 29.3 Å². The number of thiocarbonyl (C=S) groups is 1. The first-order valence-corrected chi connectivity index (χ1v) is 13.3. The second kappa shape index (κ2) is 8.14. The van der Waals surface area contributed by atoms with Gasteiger partial charge < -0.3 is 14.8 Å². The highest BCUT2D eigenvalue weighted by atomic mass is 32.2. The lowest BCUT2D eigenvalue weighted by Crippen LogP contribution is -2.29. The van der Waals surface area contributed by atoms with Crippen LogP contribution in [-0.2, 0) is 10.0 Å². The van der Waals surface area contributed by atoms with Crippen LogP contribution in [0.4, 0.5) is 11.4 Å². The highest BCUT2D eigenvalue weighted by Crippen LogP contribution is 2.46. The van der Waals surface area contributed by atoms with Crippen LogP contribution < -0.4 is 14.9 Å². The third-order valence-electron chi connectivity index (χ3n) is 6.30. The molecule has 2 N–H and O–H groups in total. The summed E-state index contributed by atoms with van der Waals surface area (Å²) in [5.74, 6) is 0. The van der Waals surface area contributed by atoms with Crippen molar-refractivity contribution >= 4 is 38.7 Å². The normalized spacial score (nSPS) is 20.7. The molecule has 5 rings (SSSR count). The van der Waals surface area contributed by atoms with Crippen molar-refractivity contribution in [3.8, 4) is 0 Å². The fourth-order valence-corrected chi connectivity index (χ4v) is 5.76. The van der Waals surface area contributed by atoms with Gasteiger partial charge in [-0.3, -0.25) is 9.71 Å². The summed E-state index contributed by atoms with van der Waals surface area (Å²) in [6, 6.07) is 15.9. The minimum absolute atomic E-state index is 0.0835. The largest absolute Gasteiger partial charge is 0.351 e. The Bertz CT molecular complexity index is 1300. The summed E-state index contributed by atoms with van der Waals surface area (Å²) in [7, 11) is -3.34. The Morgan fingerprint density at radius 2 is 1.85 bits per heavy atom. The average molecular weight is 482 g/mol. The maximum atomic E-state index is 11.6. The van der Waals surface area contributed by atoms with Gasteiger partial charge in [0.25, 0.3) is 0 Å². The second-order valence-electron chi connectivity index (χ2n) is 8.85. The Labute approximate surface area is 199 Å². The van der Waals surface area contributed by atoms with Crippen LogP contribution in [0.25, 0.3) is 0 Å². The molecule has 0 bridgehead atoms. The Kier molecular flexibility index (Phi) is 5.41. The molecule has 3 aromatic rings. The summed E-state index contributed by atoms with van der Waals surface area (Å²) in [4.78, 5) is 6.75. The van der Waals surface area contributed by atoms with Crippen LogP contribution in [0, 0.1) is 13.8 Å². The maximum Gasteiger partial charge on any atom is 0.229 e. The van der Waals surface area contributed by atoms with Gasteiger partial charge in [0.1, 0.15) is 0 Å². The Hall–Kier alpha value is -2.91. The molecule has 9 heteroatoms. The molecule has 7 nitrogen and oxygen atoms in total. The van der Waals surface area contributed by atoms with E-state index in [1.165, 1.54) is 29.8 Å². The van der Waals surface area contributed by atoms with Crippen molar-refractivity contribution < 1.29 is 8.42 Å². The minimum Gasteiger partial charge on any atom is -0.351 e. The number of nitrogens with one attached hydrogen (secondary N) is 2. The average Bonchev–Trinajstić information content (AvgIpc) is 3.47. The first-order valence-electron chi connectivity index (χ1n) is 11.0. The van der Waals surface area contributed by atoms with Crippen molar-refractivity contribution in [3.05, 3.63) is 77.4 Å². The molecule has 172 valence electrons. The number of nitrogens with zero attached hydrogens (tertiary/aromatic N) is 3. The first kappa shape index (κ1) is 21.9. The smallest absolute Gasteiger partial charge is 0.229 e. The summed E-state index contributed by atoms with van der Waals surface area (Å²) in [6.45, 7) is 4.36. The van der Waals surface area contributed by atoms with Gasteiger partial charge in [0.2, 0.25) is 10.0 Å². The van der Waals surface area contributed by atoms with Crippen LogP contribution in [0.15, 0.2) is 54.7 Å². The van der Waals surface area contributed by atoms with Crippen molar-refractivity contribution in [3.63, 3.8) is 0 Å². The third kappa shape index (κ3) is 4.22. The quantitative estimate of drug-likeness (QED) is 0.509. The number of rotatable bonds is 6. The summed E-state index contributed by atoms with van der Waals surface area (Å²) in [5, 5.41) is 4.12. The number of sulfonamides is 1. The summed E-state index contributed by atoms with van der Waals surface area (Å²) in [5.41, 5.74) is 6.08. The molecule has 2 aliphatic rings. The molecule has 33 heavy (non-hydrogen) atoms. The molecule has 1 saturated carbocycles. The highest BCUT2D eigenvalue weighted by Gasteiger charge is 2.43. The zero-order valence-corrected chi connectivity index (χ0v) is 20.5. The topological polar surface area (TPSA) is 79.3 Å². The minimum atomic E-state index is -3.34. The fraction of sp³-hybridized carbons (Fsp3) is 0.333. The van der Waals surface area contributed by atoms with Gasteiger partial charge in [-0.25, -0.2) is 8.42 Å². The lowest BCUT2D eigenvalue weighted by Gasteiger charge is -2.28. The van der Waals surface area contributed by atoms with E-state index in [9.17, 15) is 8.42 Å². The molecule has 1 aromatic carbocycles. The van der Waals surface area contributed by atoms with Crippen LogP contribution in [0.2, 0.25) is 0 Å². The SMILES string of the molecule is Cc1cc([C@@H]2[C@@H](c3ccccn3)NC(=S)N2c2ccc(NS(C)(=O)=O)cc2)c(C)n1C1CC1. The van der Waals surface area contributed by atoms with Crippen LogP contribution in [0.1, 0.15) is 53.6 Å². The molecule has 2 fully saturated rings. The van der Waals surface area contributed by atoms with Gasteiger partial charge >= 0.3 is 0 Å². The molecule has 0 spiro atoms. The Morgan fingerprint density at radius 3 is 2.45 bits per heavy atom. The maximum absolute atomic E-state index is 11.6. The molecule has 1 aliphatic carbocycles. The van der Waals surface area contributed by atoms with E-state index in [0.29, 0.717) is 16.8 Å². The molecule has 0 unspecified atom stereocenters. The van der Waals surface area contributed by atoms with Gasteiger partial charge in [-0.1, -0.05) is 6.07 Å². The van der Waals surface area contributed by atoms with Crippen molar-refractivity contribution in [2.45, 2.75) is 44.8 Å². The first-order chi connectivity index (χ1) is 15.7. The molecular weight excluding hydrogens is 454 g/mol. The monoisotopic (exact) mass is 481 g/mol. The van der Waals surface area contributed by atoms with Crippen LogP contribution in [0.5, 0.6) is 0 Å². The number of hydrogen-bond donors (Lipinski definition) is 2. The van der Waals surface area contributed by atoms with Crippen LogP contribution >= 0.6 is 12.2 Å². The highest BCUT2D eigenvalue weighted by molar-refractivity contribution is 7.92. The van der Waals surface area contributed by atoms with E-state index >= 15 is 0 Å². The van der Waals surface area contributed by atoms with Gasteiger partial charge in [-0.05, 0) is 86.9 Å². The zero-order valence-electron chi connectivity index (χ0n) is 18.8. The summed E-state index contributed by atoms with van der Waals surface area (Å²) in [6.07, 6.45) is 5.39. The standard InChI is InChI=1S/C24H27N5O2S2/c1-15-14-20(16(2)28(15)18-11-12-18)23-22(21-6-4-5-13-25-21)26-24(32)29(23)19-9-7-17(8-10-19)27-33(3,30)31/h4-10,13-14,18,22-23,27H,11-12H2,1-3H3,(H,26,32)/t22-,23-/m1/s1. The number of pyridine rings is 1. The zero-order chi connectivity index (χ0) is 23.3. The molecule has 2 atom stereocenters. The predicted octanol–water partition coefficient (Wildman–Crippen LogP) is 4.38. The van der Waals surface area contributed by atoms with E-state index < -0.39 is 10.0 Å². The third-order valence-corrected chi connectivity index (χ3v) is 7.22. The lowest BCUT2D eigenvalue weighted by molar-refractivity contribution is 0.562. The molecular formula is C24H27N5O2S2. The summed E-state index contributed by atoms with van der Waals surface area (Å²) >= 11 is 5.81. The summed E-state index contributed by atoms with van der Waals surface area (Å²) < 4.78 is 28.2. The van der Waals surface area contributed by atoms with E-state index in [4.69, 9.17) is 12.2 Å². The molecule has 1 saturated heterocycles.